The first-order chi connectivity index (χ1) is 15.2. The summed E-state index contributed by atoms with van der Waals surface area (Å²) in [6.07, 6.45) is 2.02. The van der Waals surface area contributed by atoms with Gasteiger partial charge in [0.2, 0.25) is 0 Å². The third-order valence-electron chi connectivity index (χ3n) is 5.39. The number of para-hydroxylation sites is 1. The number of amides is 1. The van der Waals surface area contributed by atoms with Gasteiger partial charge in [-0.05, 0) is 48.4 Å². The summed E-state index contributed by atoms with van der Waals surface area (Å²) in [5.74, 6) is 1.23. The van der Waals surface area contributed by atoms with Crippen molar-refractivity contribution in [3.8, 4) is 11.5 Å². The van der Waals surface area contributed by atoms with Gasteiger partial charge in [0.15, 0.2) is 11.5 Å². The minimum atomic E-state index is -0.0941. The molecule has 0 spiro atoms. The summed E-state index contributed by atoms with van der Waals surface area (Å²) >= 11 is 0. The normalized spacial score (nSPS) is 11.8. The molecule has 1 aromatic heterocycles. The fourth-order valence-corrected chi connectivity index (χ4v) is 3.85. The number of carbonyl (C=O) groups excluding carboxylic acids is 1. The molecule has 0 aliphatic carbocycles. The molecule has 0 radical (unpaired) electrons. The van der Waals surface area contributed by atoms with E-state index in [1.807, 2.05) is 73.8 Å². The lowest BCUT2D eigenvalue weighted by atomic mass is 9.90. The quantitative estimate of drug-likeness (QED) is 0.420. The average molecular weight is 415 g/mol. The maximum Gasteiger partial charge on any atom is 0.251 e. The predicted molar refractivity (Wildman–Crippen MR) is 123 cm³/mol. The van der Waals surface area contributed by atoms with Crippen molar-refractivity contribution < 1.29 is 14.3 Å². The van der Waals surface area contributed by atoms with Crippen molar-refractivity contribution in [2.24, 2.45) is 0 Å². The number of carbonyl (C=O) groups is 1. The summed E-state index contributed by atoms with van der Waals surface area (Å²) in [6.45, 7) is 2.96. The molecule has 31 heavy (non-hydrogen) atoms. The molecule has 1 heterocycles. The molecule has 0 saturated carbocycles. The monoisotopic (exact) mass is 414 g/mol. The van der Waals surface area contributed by atoms with Crippen LogP contribution >= 0.6 is 0 Å². The summed E-state index contributed by atoms with van der Waals surface area (Å²) in [6, 6.07) is 23.4. The van der Waals surface area contributed by atoms with Gasteiger partial charge in [-0.25, -0.2) is 0 Å². The molecule has 5 nitrogen and oxygen atoms in total. The highest BCUT2D eigenvalue weighted by Crippen LogP contribution is 2.35. The van der Waals surface area contributed by atoms with E-state index in [4.69, 9.17) is 9.47 Å². The second-order valence-corrected chi connectivity index (χ2v) is 7.26. The van der Waals surface area contributed by atoms with E-state index in [2.05, 4.69) is 22.4 Å². The Morgan fingerprint density at radius 1 is 1.00 bits per heavy atom. The Bertz CT molecular complexity index is 1170. The minimum Gasteiger partial charge on any atom is -0.493 e. The molecule has 0 bridgehead atoms. The van der Waals surface area contributed by atoms with Crippen molar-refractivity contribution in [2.75, 3.05) is 20.3 Å². The van der Waals surface area contributed by atoms with Gasteiger partial charge >= 0.3 is 0 Å². The Labute approximate surface area is 182 Å². The summed E-state index contributed by atoms with van der Waals surface area (Å²) in [7, 11) is 1.64. The third kappa shape index (κ3) is 4.40. The number of aromatic nitrogens is 1. The molecule has 1 atom stereocenters. The molecule has 0 aliphatic rings. The van der Waals surface area contributed by atoms with E-state index in [-0.39, 0.29) is 11.8 Å². The number of hydrogen-bond donors (Lipinski definition) is 2. The number of ether oxygens (including phenoxy) is 2. The lowest BCUT2D eigenvalue weighted by Crippen LogP contribution is -2.28. The first-order valence-electron chi connectivity index (χ1n) is 10.4. The van der Waals surface area contributed by atoms with Crippen molar-refractivity contribution in [2.45, 2.75) is 12.8 Å². The highest BCUT2D eigenvalue weighted by Gasteiger charge is 2.21. The van der Waals surface area contributed by atoms with Crippen molar-refractivity contribution in [1.82, 2.24) is 10.3 Å². The van der Waals surface area contributed by atoms with Crippen LogP contribution in [-0.4, -0.2) is 31.2 Å². The Morgan fingerprint density at radius 3 is 2.55 bits per heavy atom. The van der Waals surface area contributed by atoms with Gasteiger partial charge in [0.05, 0.1) is 13.7 Å². The molecule has 4 rings (SSSR count). The van der Waals surface area contributed by atoms with E-state index < -0.39 is 0 Å². The van der Waals surface area contributed by atoms with Gasteiger partial charge in [0, 0.05) is 35.1 Å². The highest BCUT2D eigenvalue weighted by molar-refractivity contribution is 5.94. The van der Waals surface area contributed by atoms with Crippen LogP contribution in [0.15, 0.2) is 79.0 Å². The van der Waals surface area contributed by atoms with Crippen LogP contribution in [0.25, 0.3) is 10.9 Å². The van der Waals surface area contributed by atoms with Gasteiger partial charge in [-0.2, -0.15) is 0 Å². The van der Waals surface area contributed by atoms with Crippen molar-refractivity contribution in [1.29, 1.82) is 0 Å². The van der Waals surface area contributed by atoms with Gasteiger partial charge in [-0.15, -0.1) is 0 Å². The Balaban J connectivity index is 1.70. The van der Waals surface area contributed by atoms with E-state index in [1.165, 1.54) is 0 Å². The van der Waals surface area contributed by atoms with E-state index >= 15 is 0 Å². The van der Waals surface area contributed by atoms with E-state index in [1.54, 1.807) is 7.11 Å². The molecule has 0 aliphatic heterocycles. The lowest BCUT2D eigenvalue weighted by molar-refractivity contribution is 0.0952. The SMILES string of the molecule is CCOc1ccc([C@@H](CNC(=O)c2ccccc2)c2c[nH]c3ccccc23)cc1OC. The molecule has 5 heteroatoms. The fourth-order valence-electron chi connectivity index (χ4n) is 3.85. The zero-order chi connectivity index (χ0) is 21.6. The molecule has 3 aromatic carbocycles. The number of rotatable bonds is 8. The molecular formula is C26H26N2O3. The van der Waals surface area contributed by atoms with Crippen molar-refractivity contribution in [3.63, 3.8) is 0 Å². The zero-order valence-electron chi connectivity index (χ0n) is 17.7. The van der Waals surface area contributed by atoms with Crippen molar-refractivity contribution in [3.05, 3.63) is 95.7 Å². The Hall–Kier alpha value is -3.73. The number of fused-ring (bicyclic) bond motifs is 1. The van der Waals surface area contributed by atoms with Crippen LogP contribution in [-0.2, 0) is 0 Å². The van der Waals surface area contributed by atoms with E-state index in [0.717, 1.165) is 22.0 Å². The largest absolute Gasteiger partial charge is 0.493 e. The van der Waals surface area contributed by atoms with Crippen LogP contribution in [0.4, 0.5) is 0 Å². The van der Waals surface area contributed by atoms with Crippen LogP contribution in [0.3, 0.4) is 0 Å². The number of benzene rings is 3. The summed E-state index contributed by atoms with van der Waals surface area (Å²) in [5.41, 5.74) is 3.87. The Morgan fingerprint density at radius 2 is 1.77 bits per heavy atom. The fraction of sp³-hybridized carbons (Fsp3) is 0.192. The number of aromatic amines is 1. The number of hydrogen-bond acceptors (Lipinski definition) is 3. The smallest absolute Gasteiger partial charge is 0.251 e. The summed E-state index contributed by atoms with van der Waals surface area (Å²) < 4.78 is 11.2. The minimum absolute atomic E-state index is 0.0617. The van der Waals surface area contributed by atoms with E-state index in [0.29, 0.717) is 30.2 Å². The predicted octanol–water partition coefficient (Wildman–Crippen LogP) is 5.14. The highest BCUT2D eigenvalue weighted by atomic mass is 16.5. The molecule has 4 aromatic rings. The standard InChI is InChI=1S/C26H26N2O3/c1-3-31-24-14-13-19(15-25(24)30-2)21(16-28-26(29)18-9-5-4-6-10-18)22-17-27-23-12-8-7-11-20(22)23/h4-15,17,21,27H,3,16H2,1-2H3,(H,28,29)/t21-/m1/s1. The van der Waals surface area contributed by atoms with E-state index in [9.17, 15) is 4.79 Å². The van der Waals surface area contributed by atoms with Crippen LogP contribution in [0, 0.1) is 0 Å². The maximum absolute atomic E-state index is 12.7. The molecule has 0 saturated heterocycles. The molecule has 0 unspecified atom stereocenters. The van der Waals surface area contributed by atoms with Gasteiger partial charge in [-0.3, -0.25) is 4.79 Å². The number of nitrogens with one attached hydrogen (secondary N) is 2. The summed E-state index contributed by atoms with van der Waals surface area (Å²) in [4.78, 5) is 16.1. The molecule has 0 fully saturated rings. The zero-order valence-corrected chi connectivity index (χ0v) is 17.7. The maximum atomic E-state index is 12.7. The van der Waals surface area contributed by atoms with Crippen LogP contribution < -0.4 is 14.8 Å². The first-order valence-corrected chi connectivity index (χ1v) is 10.4. The molecule has 1 amide bonds. The van der Waals surface area contributed by atoms with Crippen molar-refractivity contribution >= 4 is 16.8 Å². The van der Waals surface area contributed by atoms with Crippen LogP contribution in [0.5, 0.6) is 11.5 Å². The van der Waals surface area contributed by atoms with Crippen LogP contribution in [0.2, 0.25) is 0 Å². The molecule has 2 N–H and O–H groups in total. The second kappa shape index (κ2) is 9.39. The third-order valence-corrected chi connectivity index (χ3v) is 5.39. The second-order valence-electron chi connectivity index (χ2n) is 7.26. The first kappa shape index (κ1) is 20.5. The average Bonchev–Trinajstić information content (AvgIpc) is 3.24. The van der Waals surface area contributed by atoms with Gasteiger partial charge in [-0.1, -0.05) is 42.5 Å². The van der Waals surface area contributed by atoms with Gasteiger partial charge < -0.3 is 19.8 Å². The van der Waals surface area contributed by atoms with Gasteiger partial charge in [0.25, 0.3) is 5.91 Å². The number of methoxy groups -OCH3 is 1. The van der Waals surface area contributed by atoms with Crippen LogP contribution in [0.1, 0.15) is 34.3 Å². The van der Waals surface area contributed by atoms with Gasteiger partial charge in [0.1, 0.15) is 0 Å². The lowest BCUT2D eigenvalue weighted by Gasteiger charge is -2.20. The molecule has 158 valence electrons. The number of H-pyrrole nitrogens is 1. The molecular weight excluding hydrogens is 388 g/mol. The topological polar surface area (TPSA) is 63.3 Å². The summed E-state index contributed by atoms with van der Waals surface area (Å²) in [5, 5.41) is 4.24. The Kier molecular flexibility index (Phi) is 6.22.